The minimum absolute atomic E-state index is 0.366. The Labute approximate surface area is 95.7 Å². The van der Waals surface area contributed by atoms with E-state index >= 15 is 0 Å². The van der Waals surface area contributed by atoms with Crippen LogP contribution in [0.1, 0.15) is 11.1 Å². The quantitative estimate of drug-likeness (QED) is 0.834. The summed E-state index contributed by atoms with van der Waals surface area (Å²) in [7, 11) is 0. The van der Waals surface area contributed by atoms with Gasteiger partial charge in [-0.25, -0.2) is 4.68 Å². The van der Waals surface area contributed by atoms with Crippen molar-refractivity contribution in [2.24, 2.45) is 0 Å². The summed E-state index contributed by atoms with van der Waals surface area (Å²) in [6.07, 6.45) is -2.66. The highest BCUT2D eigenvalue weighted by Gasteiger charge is 2.30. The van der Waals surface area contributed by atoms with Crippen LogP contribution < -0.4 is 5.73 Å². The fourth-order valence-electron chi connectivity index (χ4n) is 1.41. The van der Waals surface area contributed by atoms with Crippen molar-refractivity contribution in [2.45, 2.75) is 13.1 Å². The summed E-state index contributed by atoms with van der Waals surface area (Å²) >= 11 is 0. The van der Waals surface area contributed by atoms with Crippen LogP contribution in [0, 0.1) is 6.92 Å². The molecule has 6 heteroatoms. The number of nitrogen functional groups attached to an aromatic ring is 1. The third-order valence-electron chi connectivity index (χ3n) is 2.39. The highest BCUT2D eigenvalue weighted by molar-refractivity contribution is 5.41. The second-order valence-electron chi connectivity index (χ2n) is 3.69. The van der Waals surface area contributed by atoms with Gasteiger partial charge >= 0.3 is 6.18 Å². The second kappa shape index (κ2) is 3.80. The molecule has 2 N–H and O–H groups in total. The molecule has 3 nitrogen and oxygen atoms in total. The van der Waals surface area contributed by atoms with Gasteiger partial charge in [-0.1, -0.05) is 0 Å². The van der Waals surface area contributed by atoms with Gasteiger partial charge < -0.3 is 5.73 Å². The molecular weight excluding hydrogens is 231 g/mol. The van der Waals surface area contributed by atoms with Crippen LogP contribution in [0.2, 0.25) is 0 Å². The number of aryl methyl sites for hydroxylation is 1. The van der Waals surface area contributed by atoms with Crippen LogP contribution in [0.15, 0.2) is 30.5 Å². The summed E-state index contributed by atoms with van der Waals surface area (Å²) in [4.78, 5) is 0. The molecule has 0 aliphatic rings. The Hall–Kier alpha value is -1.98. The molecule has 0 aliphatic heterocycles. The van der Waals surface area contributed by atoms with E-state index in [1.54, 1.807) is 13.1 Å². The molecule has 0 unspecified atom stereocenters. The first-order chi connectivity index (χ1) is 7.88. The van der Waals surface area contributed by atoms with Gasteiger partial charge in [-0.15, -0.1) is 0 Å². The normalized spacial score (nSPS) is 11.8. The van der Waals surface area contributed by atoms with Crippen molar-refractivity contribution >= 4 is 5.82 Å². The average Bonchev–Trinajstić information content (AvgIpc) is 2.58. The van der Waals surface area contributed by atoms with E-state index in [1.165, 1.54) is 16.8 Å². The molecule has 0 amide bonds. The molecule has 90 valence electrons. The molecule has 2 aromatic rings. The standard InChI is InChI=1S/C11H10F3N3/c1-7-6-17(16-10(7)15)9-4-2-8(3-5-9)11(12,13)14/h2-6H,1H3,(H2,15,16). The summed E-state index contributed by atoms with van der Waals surface area (Å²) in [6, 6.07) is 4.74. The number of hydrogen-bond acceptors (Lipinski definition) is 2. The van der Waals surface area contributed by atoms with Crippen LogP contribution >= 0.6 is 0 Å². The molecule has 0 saturated heterocycles. The van der Waals surface area contributed by atoms with Crippen molar-refractivity contribution in [3.63, 3.8) is 0 Å². The maximum atomic E-state index is 12.3. The van der Waals surface area contributed by atoms with E-state index in [-0.39, 0.29) is 0 Å². The van der Waals surface area contributed by atoms with Crippen molar-refractivity contribution in [3.8, 4) is 5.69 Å². The molecular formula is C11H10F3N3. The summed E-state index contributed by atoms with van der Waals surface area (Å²) in [5.74, 6) is 0.366. The number of hydrogen-bond donors (Lipinski definition) is 1. The Morgan fingerprint density at radius 2 is 1.76 bits per heavy atom. The van der Waals surface area contributed by atoms with E-state index in [0.29, 0.717) is 11.5 Å². The van der Waals surface area contributed by atoms with Crippen LogP contribution in [0.5, 0.6) is 0 Å². The minimum Gasteiger partial charge on any atom is -0.382 e. The Morgan fingerprint density at radius 1 is 1.18 bits per heavy atom. The number of rotatable bonds is 1. The minimum atomic E-state index is -4.32. The van der Waals surface area contributed by atoms with E-state index < -0.39 is 11.7 Å². The van der Waals surface area contributed by atoms with Gasteiger partial charge in [0.15, 0.2) is 0 Å². The smallest absolute Gasteiger partial charge is 0.382 e. The topological polar surface area (TPSA) is 43.8 Å². The van der Waals surface area contributed by atoms with Crippen molar-refractivity contribution in [1.29, 1.82) is 0 Å². The monoisotopic (exact) mass is 241 g/mol. The number of nitrogens with two attached hydrogens (primary N) is 1. The first kappa shape index (κ1) is 11.5. The van der Waals surface area contributed by atoms with Gasteiger partial charge in [-0.3, -0.25) is 0 Å². The summed E-state index contributed by atoms with van der Waals surface area (Å²) in [5, 5.41) is 3.99. The molecule has 0 aliphatic carbocycles. The molecule has 0 saturated carbocycles. The lowest BCUT2D eigenvalue weighted by atomic mass is 10.2. The first-order valence-electron chi connectivity index (χ1n) is 4.87. The lowest BCUT2D eigenvalue weighted by Gasteiger charge is -2.07. The molecule has 0 radical (unpaired) electrons. The fourth-order valence-corrected chi connectivity index (χ4v) is 1.41. The van der Waals surface area contributed by atoms with Crippen LogP contribution in [0.25, 0.3) is 5.69 Å². The maximum absolute atomic E-state index is 12.3. The number of alkyl halides is 3. The number of nitrogens with zero attached hydrogens (tertiary/aromatic N) is 2. The lowest BCUT2D eigenvalue weighted by molar-refractivity contribution is -0.137. The molecule has 0 atom stereocenters. The van der Waals surface area contributed by atoms with E-state index in [1.807, 2.05) is 0 Å². The number of aromatic nitrogens is 2. The third-order valence-corrected chi connectivity index (χ3v) is 2.39. The molecule has 1 aromatic heterocycles. The summed E-state index contributed by atoms with van der Waals surface area (Å²) < 4.78 is 38.5. The molecule has 2 rings (SSSR count). The first-order valence-corrected chi connectivity index (χ1v) is 4.87. The molecule has 1 heterocycles. The van der Waals surface area contributed by atoms with E-state index in [0.717, 1.165) is 17.7 Å². The van der Waals surface area contributed by atoms with Gasteiger partial charge in [0.1, 0.15) is 5.82 Å². The zero-order valence-electron chi connectivity index (χ0n) is 8.99. The Balaban J connectivity index is 2.36. The van der Waals surface area contributed by atoms with Crippen molar-refractivity contribution < 1.29 is 13.2 Å². The average molecular weight is 241 g/mol. The number of benzene rings is 1. The van der Waals surface area contributed by atoms with Crippen LogP contribution in [0.3, 0.4) is 0 Å². The zero-order chi connectivity index (χ0) is 12.6. The third kappa shape index (κ3) is 2.25. The van der Waals surface area contributed by atoms with Crippen molar-refractivity contribution in [3.05, 3.63) is 41.6 Å². The predicted molar refractivity (Wildman–Crippen MR) is 57.7 cm³/mol. The van der Waals surface area contributed by atoms with Crippen LogP contribution in [-0.2, 0) is 6.18 Å². The molecule has 0 spiro atoms. The molecule has 0 fully saturated rings. The zero-order valence-corrected chi connectivity index (χ0v) is 8.99. The predicted octanol–water partition coefficient (Wildman–Crippen LogP) is 2.78. The number of anilines is 1. The Morgan fingerprint density at radius 3 is 2.18 bits per heavy atom. The van der Waals surface area contributed by atoms with Gasteiger partial charge in [-0.2, -0.15) is 18.3 Å². The van der Waals surface area contributed by atoms with E-state index in [4.69, 9.17) is 5.73 Å². The second-order valence-corrected chi connectivity index (χ2v) is 3.69. The Kier molecular flexibility index (Phi) is 2.57. The van der Waals surface area contributed by atoms with E-state index in [2.05, 4.69) is 5.10 Å². The van der Waals surface area contributed by atoms with Gasteiger partial charge in [-0.05, 0) is 31.2 Å². The van der Waals surface area contributed by atoms with Gasteiger partial charge in [0.2, 0.25) is 0 Å². The maximum Gasteiger partial charge on any atom is 0.416 e. The molecule has 0 bridgehead atoms. The van der Waals surface area contributed by atoms with Gasteiger partial charge in [0.05, 0.1) is 11.3 Å². The lowest BCUT2D eigenvalue weighted by Crippen LogP contribution is -2.05. The van der Waals surface area contributed by atoms with Crippen molar-refractivity contribution in [1.82, 2.24) is 9.78 Å². The number of halogens is 3. The van der Waals surface area contributed by atoms with Gasteiger partial charge in [0, 0.05) is 11.8 Å². The SMILES string of the molecule is Cc1cn(-c2ccc(C(F)(F)F)cc2)nc1N. The summed E-state index contributed by atoms with van der Waals surface area (Å²) in [5.41, 5.74) is 6.20. The van der Waals surface area contributed by atoms with Crippen LogP contribution in [-0.4, -0.2) is 9.78 Å². The van der Waals surface area contributed by atoms with Crippen molar-refractivity contribution in [2.75, 3.05) is 5.73 Å². The van der Waals surface area contributed by atoms with Crippen LogP contribution in [0.4, 0.5) is 19.0 Å². The Bertz CT molecular complexity index is 506. The molecule has 1 aromatic carbocycles. The molecule has 17 heavy (non-hydrogen) atoms. The van der Waals surface area contributed by atoms with E-state index in [9.17, 15) is 13.2 Å². The van der Waals surface area contributed by atoms with Gasteiger partial charge in [0.25, 0.3) is 0 Å². The summed E-state index contributed by atoms with van der Waals surface area (Å²) in [6.45, 7) is 1.78. The largest absolute Gasteiger partial charge is 0.416 e. The highest BCUT2D eigenvalue weighted by atomic mass is 19.4. The highest BCUT2D eigenvalue weighted by Crippen LogP contribution is 2.29. The fraction of sp³-hybridized carbons (Fsp3) is 0.182.